The predicted molar refractivity (Wildman–Crippen MR) is 97.0 cm³/mol. The van der Waals surface area contributed by atoms with E-state index in [0.29, 0.717) is 0 Å². The molecular formula is C16H12N4S3. The van der Waals surface area contributed by atoms with Crippen LogP contribution in [0.1, 0.15) is 10.7 Å². The number of nitrogens with zero attached hydrogens (tertiary/aromatic N) is 4. The fraction of sp³-hybridized carbons (Fsp3) is 0.125. The summed E-state index contributed by atoms with van der Waals surface area (Å²) in [6.07, 6.45) is 1.81. The highest BCUT2D eigenvalue weighted by molar-refractivity contribution is 7.13. The lowest BCUT2D eigenvalue weighted by atomic mass is 10.1. The average molecular weight is 357 g/mol. The first kappa shape index (κ1) is 14.6. The minimum Gasteiger partial charge on any atom is -0.244 e. The van der Waals surface area contributed by atoms with E-state index in [1.165, 1.54) is 0 Å². The predicted octanol–water partition coefficient (Wildman–Crippen LogP) is 5.07. The van der Waals surface area contributed by atoms with E-state index >= 15 is 0 Å². The highest BCUT2D eigenvalue weighted by atomic mass is 32.1. The van der Waals surface area contributed by atoms with Crippen LogP contribution in [0.4, 0.5) is 0 Å². The third-order valence-corrected chi connectivity index (χ3v) is 5.82. The third-order valence-electron chi connectivity index (χ3n) is 3.26. The molecule has 0 aliphatic heterocycles. The zero-order chi connectivity index (χ0) is 15.8. The van der Waals surface area contributed by atoms with Crippen LogP contribution in [0, 0.1) is 13.8 Å². The van der Waals surface area contributed by atoms with Gasteiger partial charge < -0.3 is 0 Å². The molecule has 4 aromatic heterocycles. The summed E-state index contributed by atoms with van der Waals surface area (Å²) in [5, 5.41) is 8.98. The summed E-state index contributed by atoms with van der Waals surface area (Å²) in [4.78, 5) is 18.4. The smallest absolute Gasteiger partial charge is 0.142 e. The van der Waals surface area contributed by atoms with Crippen molar-refractivity contribution in [2.45, 2.75) is 13.8 Å². The van der Waals surface area contributed by atoms with Crippen LogP contribution in [0.25, 0.3) is 32.7 Å². The first-order valence-corrected chi connectivity index (χ1v) is 9.60. The first-order valence-electron chi connectivity index (χ1n) is 6.96. The molecule has 0 unspecified atom stereocenters. The van der Waals surface area contributed by atoms with Crippen LogP contribution < -0.4 is 0 Å². The maximum absolute atomic E-state index is 4.85. The SMILES string of the molecule is Cc1csc(-c2ccc(-c3nccs3)c(-c3csc(C)n3)n2)n1. The molecule has 0 aromatic carbocycles. The Balaban J connectivity index is 1.91. The van der Waals surface area contributed by atoms with Crippen LogP contribution in [0.3, 0.4) is 0 Å². The van der Waals surface area contributed by atoms with Gasteiger partial charge in [-0.2, -0.15) is 0 Å². The summed E-state index contributed by atoms with van der Waals surface area (Å²) < 4.78 is 0. The van der Waals surface area contributed by atoms with Crippen LogP contribution in [0.15, 0.2) is 34.5 Å². The second kappa shape index (κ2) is 5.92. The van der Waals surface area contributed by atoms with Gasteiger partial charge in [-0.1, -0.05) is 0 Å². The minimum atomic E-state index is 0.870. The molecule has 0 atom stereocenters. The molecule has 0 bridgehead atoms. The van der Waals surface area contributed by atoms with Gasteiger partial charge in [-0.3, -0.25) is 0 Å². The summed E-state index contributed by atoms with van der Waals surface area (Å²) in [6, 6.07) is 4.08. The first-order chi connectivity index (χ1) is 11.2. The number of hydrogen-bond acceptors (Lipinski definition) is 7. The van der Waals surface area contributed by atoms with E-state index in [1.54, 1.807) is 34.0 Å². The highest BCUT2D eigenvalue weighted by Gasteiger charge is 2.16. The van der Waals surface area contributed by atoms with Crippen molar-refractivity contribution in [2.75, 3.05) is 0 Å². The zero-order valence-corrected chi connectivity index (χ0v) is 14.9. The van der Waals surface area contributed by atoms with Crippen LogP contribution in [0.2, 0.25) is 0 Å². The number of aryl methyl sites for hydroxylation is 2. The molecule has 4 heterocycles. The van der Waals surface area contributed by atoms with Gasteiger partial charge in [-0.25, -0.2) is 19.9 Å². The molecule has 4 aromatic rings. The van der Waals surface area contributed by atoms with E-state index < -0.39 is 0 Å². The van der Waals surface area contributed by atoms with Crippen molar-refractivity contribution in [3.8, 4) is 32.7 Å². The Hall–Kier alpha value is -1.96. The van der Waals surface area contributed by atoms with E-state index in [4.69, 9.17) is 4.98 Å². The standard InChI is InChI=1S/C16H12N4S3/c1-9-7-23-16(18-9)12-4-3-11(15-17-5-6-21-15)14(20-12)13-8-22-10(2)19-13/h3-8H,1-2H3. The lowest BCUT2D eigenvalue weighted by Gasteiger charge is -2.06. The lowest BCUT2D eigenvalue weighted by Crippen LogP contribution is -1.93. The Morgan fingerprint density at radius 2 is 1.74 bits per heavy atom. The normalized spacial score (nSPS) is 11.0. The second-order valence-electron chi connectivity index (χ2n) is 4.98. The molecule has 0 radical (unpaired) electrons. The molecule has 0 saturated heterocycles. The molecule has 4 nitrogen and oxygen atoms in total. The quantitative estimate of drug-likeness (QED) is 0.514. The van der Waals surface area contributed by atoms with Gasteiger partial charge in [-0.05, 0) is 26.0 Å². The fourth-order valence-electron chi connectivity index (χ4n) is 2.25. The van der Waals surface area contributed by atoms with Crippen LogP contribution >= 0.6 is 34.0 Å². The van der Waals surface area contributed by atoms with Gasteiger partial charge in [0.2, 0.25) is 0 Å². The van der Waals surface area contributed by atoms with Crippen molar-refractivity contribution >= 4 is 34.0 Å². The van der Waals surface area contributed by atoms with Gasteiger partial charge in [0, 0.05) is 33.6 Å². The van der Waals surface area contributed by atoms with E-state index in [1.807, 2.05) is 42.3 Å². The van der Waals surface area contributed by atoms with Gasteiger partial charge >= 0.3 is 0 Å². The summed E-state index contributed by atoms with van der Waals surface area (Å²) in [5.74, 6) is 0. The Labute approximate surface area is 145 Å². The summed E-state index contributed by atoms with van der Waals surface area (Å²) in [7, 11) is 0. The number of pyridine rings is 1. The zero-order valence-electron chi connectivity index (χ0n) is 12.5. The number of hydrogen-bond donors (Lipinski definition) is 0. The Morgan fingerprint density at radius 3 is 2.39 bits per heavy atom. The fourth-order valence-corrected chi connectivity index (χ4v) is 4.27. The molecule has 0 fully saturated rings. The average Bonchev–Trinajstić information content (AvgIpc) is 3.28. The van der Waals surface area contributed by atoms with Gasteiger partial charge in [0.1, 0.15) is 21.4 Å². The molecule has 23 heavy (non-hydrogen) atoms. The summed E-state index contributed by atoms with van der Waals surface area (Å²) in [6.45, 7) is 4.00. The van der Waals surface area contributed by atoms with Gasteiger partial charge in [-0.15, -0.1) is 34.0 Å². The minimum absolute atomic E-state index is 0.870. The summed E-state index contributed by atoms with van der Waals surface area (Å²) in [5.41, 5.74) is 4.68. The van der Waals surface area contributed by atoms with Gasteiger partial charge in [0.25, 0.3) is 0 Å². The Bertz CT molecular complexity index is 954. The molecule has 0 aliphatic carbocycles. The number of aromatic nitrogens is 4. The van der Waals surface area contributed by atoms with E-state index in [2.05, 4.69) is 21.0 Å². The lowest BCUT2D eigenvalue weighted by molar-refractivity contribution is 1.21. The molecule has 0 saturated carbocycles. The van der Waals surface area contributed by atoms with Crippen molar-refractivity contribution < 1.29 is 0 Å². The highest BCUT2D eigenvalue weighted by Crippen LogP contribution is 2.34. The largest absolute Gasteiger partial charge is 0.244 e. The molecule has 7 heteroatoms. The van der Waals surface area contributed by atoms with Crippen LogP contribution in [0.5, 0.6) is 0 Å². The molecule has 4 rings (SSSR count). The Kier molecular flexibility index (Phi) is 3.76. The summed E-state index contributed by atoms with van der Waals surface area (Å²) >= 11 is 4.85. The van der Waals surface area contributed by atoms with E-state index in [9.17, 15) is 0 Å². The maximum Gasteiger partial charge on any atom is 0.142 e. The Morgan fingerprint density at radius 1 is 0.826 bits per heavy atom. The van der Waals surface area contributed by atoms with Crippen molar-refractivity contribution in [2.24, 2.45) is 0 Å². The van der Waals surface area contributed by atoms with Crippen molar-refractivity contribution in [3.05, 3.63) is 45.2 Å². The van der Waals surface area contributed by atoms with Gasteiger partial charge in [0.15, 0.2) is 0 Å². The van der Waals surface area contributed by atoms with Crippen molar-refractivity contribution in [3.63, 3.8) is 0 Å². The van der Waals surface area contributed by atoms with E-state index in [0.717, 1.165) is 43.4 Å². The molecule has 114 valence electrons. The molecular weight excluding hydrogens is 344 g/mol. The second-order valence-corrected chi connectivity index (χ2v) is 7.79. The third kappa shape index (κ3) is 2.83. The van der Waals surface area contributed by atoms with E-state index in [-0.39, 0.29) is 0 Å². The molecule has 0 aliphatic rings. The van der Waals surface area contributed by atoms with Crippen LogP contribution in [-0.4, -0.2) is 19.9 Å². The molecule has 0 N–H and O–H groups in total. The topological polar surface area (TPSA) is 51.6 Å². The number of rotatable bonds is 3. The monoisotopic (exact) mass is 356 g/mol. The molecule has 0 spiro atoms. The maximum atomic E-state index is 4.85. The van der Waals surface area contributed by atoms with Crippen LogP contribution in [-0.2, 0) is 0 Å². The molecule has 0 amide bonds. The van der Waals surface area contributed by atoms with Gasteiger partial charge in [0.05, 0.1) is 10.7 Å². The van der Waals surface area contributed by atoms with Crippen molar-refractivity contribution in [1.29, 1.82) is 0 Å². The number of thiazole rings is 3. The van der Waals surface area contributed by atoms with Crippen molar-refractivity contribution in [1.82, 2.24) is 19.9 Å².